The molecule has 0 spiro atoms. The number of likely N-dealkylation sites (tertiary alicyclic amines) is 1. The van der Waals surface area contributed by atoms with Crippen molar-refractivity contribution in [3.63, 3.8) is 0 Å². The Hall–Kier alpha value is -3.84. The lowest BCUT2D eigenvalue weighted by atomic mass is 10.0. The minimum absolute atomic E-state index is 0.150. The molecule has 1 heterocycles. The van der Waals surface area contributed by atoms with Gasteiger partial charge in [0.15, 0.2) is 0 Å². The molecule has 1 saturated heterocycles. The molecule has 3 aromatic carbocycles. The number of amides is 4. The average molecular weight is 472 g/mol. The molecule has 4 rings (SSSR count). The minimum atomic E-state index is -0.302. The second-order valence-corrected chi connectivity index (χ2v) is 8.94. The van der Waals surface area contributed by atoms with Crippen LogP contribution in [0.5, 0.6) is 0 Å². The van der Waals surface area contributed by atoms with Crippen molar-refractivity contribution in [3.8, 4) is 0 Å². The Morgan fingerprint density at radius 2 is 1.37 bits per heavy atom. The quantitative estimate of drug-likeness (QED) is 0.374. The van der Waals surface area contributed by atoms with Crippen LogP contribution in [0.4, 0.5) is 21.0 Å². The molecular formula is C28H33N5O2. The Kier molecular flexibility index (Phi) is 8.35. The molecule has 1 fully saturated rings. The van der Waals surface area contributed by atoms with Crippen LogP contribution in [0.25, 0.3) is 0 Å². The van der Waals surface area contributed by atoms with E-state index in [9.17, 15) is 9.59 Å². The minimum Gasteiger partial charge on any atom is -0.335 e. The second kappa shape index (κ2) is 12.0. The molecule has 35 heavy (non-hydrogen) atoms. The van der Waals surface area contributed by atoms with E-state index in [4.69, 9.17) is 0 Å². The average Bonchev–Trinajstić information content (AvgIpc) is 2.87. The van der Waals surface area contributed by atoms with E-state index >= 15 is 0 Å². The van der Waals surface area contributed by atoms with Crippen molar-refractivity contribution < 1.29 is 9.59 Å². The fourth-order valence-electron chi connectivity index (χ4n) is 4.25. The van der Waals surface area contributed by atoms with Gasteiger partial charge >= 0.3 is 12.1 Å². The molecule has 1 unspecified atom stereocenters. The normalized spacial score (nSPS) is 15.1. The highest BCUT2D eigenvalue weighted by molar-refractivity contribution is 5.99. The second-order valence-electron chi connectivity index (χ2n) is 8.94. The van der Waals surface area contributed by atoms with Crippen LogP contribution in [0.2, 0.25) is 0 Å². The summed E-state index contributed by atoms with van der Waals surface area (Å²) in [6.45, 7) is 4.85. The number of carbonyl (C=O) groups excluding carboxylic acids is 2. The molecule has 0 bridgehead atoms. The van der Waals surface area contributed by atoms with Gasteiger partial charge in [-0.1, -0.05) is 60.7 Å². The molecule has 1 atom stereocenters. The zero-order valence-corrected chi connectivity index (χ0v) is 20.0. The fraction of sp³-hybridized carbons (Fsp3) is 0.286. The predicted octanol–water partition coefficient (Wildman–Crippen LogP) is 5.36. The van der Waals surface area contributed by atoms with Gasteiger partial charge in [-0.3, -0.25) is 4.90 Å². The zero-order chi connectivity index (χ0) is 24.5. The number of urea groups is 2. The number of nitrogens with zero attached hydrogens (tertiary/aromatic N) is 1. The molecule has 1 aliphatic rings. The van der Waals surface area contributed by atoms with Gasteiger partial charge in [-0.25, -0.2) is 9.59 Å². The lowest BCUT2D eigenvalue weighted by Gasteiger charge is -2.32. The summed E-state index contributed by atoms with van der Waals surface area (Å²) in [7, 11) is 0. The molecule has 4 amide bonds. The maximum atomic E-state index is 12.6. The van der Waals surface area contributed by atoms with Crippen molar-refractivity contribution in [1.82, 2.24) is 15.5 Å². The van der Waals surface area contributed by atoms with E-state index in [1.165, 1.54) is 5.56 Å². The lowest BCUT2D eigenvalue weighted by Crippen LogP contribution is -2.48. The van der Waals surface area contributed by atoms with E-state index < -0.39 is 0 Å². The standard InChI is InChI=1S/C28H33N5O2/c1-21(23-12-14-25(15-13-23)31-28(35)30-24-10-6-3-7-11-24)29-27(34)32-26-16-18-33(19-17-26)20-22-8-4-2-5-9-22/h2-15,21,26H,16-20H2,1H3,(H2,29,32,34)(H2,30,31,35). The number of carbonyl (C=O) groups is 2. The Labute approximate surface area is 206 Å². The summed E-state index contributed by atoms with van der Waals surface area (Å²) in [5, 5.41) is 11.8. The van der Waals surface area contributed by atoms with E-state index in [2.05, 4.69) is 50.4 Å². The first-order chi connectivity index (χ1) is 17.0. The highest BCUT2D eigenvalue weighted by atomic mass is 16.2. The van der Waals surface area contributed by atoms with E-state index in [1.54, 1.807) is 0 Å². The third-order valence-electron chi connectivity index (χ3n) is 6.22. The number of piperidine rings is 1. The summed E-state index contributed by atoms with van der Waals surface area (Å²) in [5.41, 5.74) is 3.70. The summed E-state index contributed by atoms with van der Waals surface area (Å²) in [6.07, 6.45) is 1.89. The van der Waals surface area contributed by atoms with Gasteiger partial charge in [-0.2, -0.15) is 0 Å². The number of para-hydroxylation sites is 1. The van der Waals surface area contributed by atoms with Crippen molar-refractivity contribution in [2.24, 2.45) is 0 Å². The third kappa shape index (κ3) is 7.58. The van der Waals surface area contributed by atoms with Gasteiger partial charge in [-0.15, -0.1) is 0 Å². The summed E-state index contributed by atoms with van der Waals surface area (Å²) in [5.74, 6) is 0. The molecule has 0 aliphatic carbocycles. The van der Waals surface area contributed by atoms with E-state index in [0.717, 1.165) is 43.7 Å². The van der Waals surface area contributed by atoms with Crippen LogP contribution >= 0.6 is 0 Å². The molecule has 7 nitrogen and oxygen atoms in total. The van der Waals surface area contributed by atoms with Crippen molar-refractivity contribution in [2.75, 3.05) is 23.7 Å². The molecule has 0 radical (unpaired) electrons. The maximum Gasteiger partial charge on any atom is 0.323 e. The Morgan fingerprint density at radius 1 is 0.800 bits per heavy atom. The maximum absolute atomic E-state index is 12.6. The molecule has 0 aromatic heterocycles. The van der Waals surface area contributed by atoms with Crippen molar-refractivity contribution in [2.45, 2.75) is 38.4 Å². The first-order valence-electron chi connectivity index (χ1n) is 12.1. The number of benzene rings is 3. The first-order valence-corrected chi connectivity index (χ1v) is 12.1. The van der Waals surface area contributed by atoms with E-state index in [1.807, 2.05) is 67.6 Å². The largest absolute Gasteiger partial charge is 0.335 e. The molecule has 182 valence electrons. The molecule has 0 saturated carbocycles. The number of nitrogens with one attached hydrogen (secondary N) is 4. The number of hydrogen-bond acceptors (Lipinski definition) is 3. The molecule has 1 aliphatic heterocycles. The molecule has 7 heteroatoms. The highest BCUT2D eigenvalue weighted by Gasteiger charge is 2.21. The number of anilines is 2. The van der Waals surface area contributed by atoms with Crippen molar-refractivity contribution in [3.05, 3.63) is 96.1 Å². The summed E-state index contributed by atoms with van der Waals surface area (Å²) in [6, 6.07) is 26.8. The van der Waals surface area contributed by atoms with Crippen LogP contribution in [-0.2, 0) is 6.54 Å². The fourth-order valence-corrected chi connectivity index (χ4v) is 4.25. The molecular weight excluding hydrogens is 438 g/mol. The summed E-state index contributed by atoms with van der Waals surface area (Å²) >= 11 is 0. The Balaban J connectivity index is 1.18. The van der Waals surface area contributed by atoms with Crippen LogP contribution in [0.1, 0.15) is 36.9 Å². The Bertz CT molecular complexity index is 1080. The van der Waals surface area contributed by atoms with Crippen LogP contribution in [0.15, 0.2) is 84.9 Å². The van der Waals surface area contributed by atoms with Crippen LogP contribution < -0.4 is 21.3 Å². The smallest absolute Gasteiger partial charge is 0.323 e. The van der Waals surface area contributed by atoms with Crippen LogP contribution in [0.3, 0.4) is 0 Å². The van der Waals surface area contributed by atoms with Crippen molar-refractivity contribution >= 4 is 23.4 Å². The molecule has 4 N–H and O–H groups in total. The van der Waals surface area contributed by atoms with Gasteiger partial charge < -0.3 is 21.3 Å². The van der Waals surface area contributed by atoms with Crippen molar-refractivity contribution in [1.29, 1.82) is 0 Å². The highest BCUT2D eigenvalue weighted by Crippen LogP contribution is 2.18. The summed E-state index contributed by atoms with van der Waals surface area (Å²) < 4.78 is 0. The van der Waals surface area contributed by atoms with Gasteiger partial charge in [0.25, 0.3) is 0 Å². The van der Waals surface area contributed by atoms with Gasteiger partial charge in [0.1, 0.15) is 0 Å². The van der Waals surface area contributed by atoms with Crippen LogP contribution in [-0.4, -0.2) is 36.1 Å². The number of rotatable bonds is 7. The van der Waals surface area contributed by atoms with Gasteiger partial charge in [0.05, 0.1) is 6.04 Å². The zero-order valence-electron chi connectivity index (χ0n) is 20.0. The van der Waals surface area contributed by atoms with Gasteiger partial charge in [0.2, 0.25) is 0 Å². The summed E-state index contributed by atoms with van der Waals surface area (Å²) in [4.78, 5) is 27.1. The predicted molar refractivity (Wildman–Crippen MR) is 140 cm³/mol. The number of hydrogen-bond donors (Lipinski definition) is 4. The van der Waals surface area contributed by atoms with Gasteiger partial charge in [0, 0.05) is 37.1 Å². The Morgan fingerprint density at radius 3 is 2.00 bits per heavy atom. The molecule has 3 aromatic rings. The van der Waals surface area contributed by atoms with E-state index in [-0.39, 0.29) is 24.1 Å². The topological polar surface area (TPSA) is 85.5 Å². The van der Waals surface area contributed by atoms with Crippen LogP contribution in [0, 0.1) is 0 Å². The monoisotopic (exact) mass is 471 g/mol. The first kappa shape index (κ1) is 24.3. The van der Waals surface area contributed by atoms with Gasteiger partial charge in [-0.05, 0) is 55.2 Å². The van der Waals surface area contributed by atoms with E-state index in [0.29, 0.717) is 5.69 Å². The lowest BCUT2D eigenvalue weighted by molar-refractivity contribution is 0.186. The third-order valence-corrected chi connectivity index (χ3v) is 6.22. The SMILES string of the molecule is CC(NC(=O)NC1CCN(Cc2ccccc2)CC1)c1ccc(NC(=O)Nc2ccccc2)cc1.